The second kappa shape index (κ2) is 10.3. The first-order valence-corrected chi connectivity index (χ1v) is 11.3. The standard InChI is InChI=1S/C24H25F3N6S/c1-17(18-8-4-2-5-9-18)28-23(34)31-22-29-20(24(25,26)27)16-21(30-22)33-14-12-32(13-15-33)19-10-6-3-7-11-19/h2-11,16-17H,12-15H2,1H3,(H2,28,29,30,31,34). The number of hydrogen-bond donors (Lipinski definition) is 2. The minimum absolute atomic E-state index is 0.141. The fourth-order valence-electron chi connectivity index (χ4n) is 3.79. The van der Waals surface area contributed by atoms with E-state index in [1.165, 1.54) is 0 Å². The first kappa shape index (κ1) is 23.7. The van der Waals surface area contributed by atoms with Gasteiger partial charge in [-0.1, -0.05) is 48.5 Å². The Bertz CT molecular complexity index is 1100. The van der Waals surface area contributed by atoms with Crippen LogP contribution in [0.1, 0.15) is 24.2 Å². The number of anilines is 3. The molecule has 1 unspecified atom stereocenters. The van der Waals surface area contributed by atoms with Gasteiger partial charge in [0.05, 0.1) is 6.04 Å². The van der Waals surface area contributed by atoms with Gasteiger partial charge in [0.2, 0.25) is 5.95 Å². The third-order valence-electron chi connectivity index (χ3n) is 5.60. The lowest BCUT2D eigenvalue weighted by atomic mass is 10.1. The summed E-state index contributed by atoms with van der Waals surface area (Å²) in [6.07, 6.45) is -4.60. The maximum Gasteiger partial charge on any atom is 0.433 e. The molecule has 0 amide bonds. The molecule has 0 saturated carbocycles. The van der Waals surface area contributed by atoms with E-state index in [-0.39, 0.29) is 22.9 Å². The van der Waals surface area contributed by atoms with Crippen molar-refractivity contribution in [3.8, 4) is 0 Å². The molecule has 1 aromatic heterocycles. The van der Waals surface area contributed by atoms with E-state index in [1.54, 1.807) is 0 Å². The van der Waals surface area contributed by atoms with Crippen molar-refractivity contribution in [2.24, 2.45) is 0 Å². The molecule has 2 heterocycles. The predicted molar refractivity (Wildman–Crippen MR) is 132 cm³/mol. The fourth-order valence-corrected chi connectivity index (χ4v) is 4.06. The Morgan fingerprint density at radius 1 is 0.912 bits per heavy atom. The van der Waals surface area contributed by atoms with E-state index in [1.807, 2.05) is 72.5 Å². The normalized spacial score (nSPS) is 15.1. The molecule has 34 heavy (non-hydrogen) atoms. The predicted octanol–water partition coefficient (Wildman–Crippen LogP) is 4.87. The van der Waals surface area contributed by atoms with E-state index >= 15 is 0 Å². The van der Waals surface area contributed by atoms with Crippen LogP contribution in [0.2, 0.25) is 0 Å². The minimum Gasteiger partial charge on any atom is -0.368 e. The van der Waals surface area contributed by atoms with E-state index in [4.69, 9.17) is 12.2 Å². The monoisotopic (exact) mass is 486 g/mol. The topological polar surface area (TPSA) is 56.3 Å². The van der Waals surface area contributed by atoms with Crippen LogP contribution in [0.3, 0.4) is 0 Å². The van der Waals surface area contributed by atoms with Crippen molar-refractivity contribution in [1.82, 2.24) is 15.3 Å². The maximum absolute atomic E-state index is 13.6. The van der Waals surface area contributed by atoms with E-state index in [2.05, 4.69) is 25.5 Å². The van der Waals surface area contributed by atoms with Gasteiger partial charge in [-0.15, -0.1) is 0 Å². The highest BCUT2D eigenvalue weighted by Crippen LogP contribution is 2.31. The van der Waals surface area contributed by atoms with Crippen molar-refractivity contribution in [2.75, 3.05) is 41.3 Å². The maximum atomic E-state index is 13.6. The van der Waals surface area contributed by atoms with Gasteiger partial charge in [0.25, 0.3) is 0 Å². The fraction of sp³-hybridized carbons (Fsp3) is 0.292. The van der Waals surface area contributed by atoms with Crippen LogP contribution >= 0.6 is 12.2 Å². The van der Waals surface area contributed by atoms with E-state index in [0.29, 0.717) is 26.2 Å². The average Bonchev–Trinajstić information content (AvgIpc) is 2.84. The summed E-state index contributed by atoms with van der Waals surface area (Å²) < 4.78 is 40.7. The number of aromatic nitrogens is 2. The highest BCUT2D eigenvalue weighted by Gasteiger charge is 2.34. The van der Waals surface area contributed by atoms with Gasteiger partial charge in [0, 0.05) is 37.9 Å². The molecular weight excluding hydrogens is 461 g/mol. The zero-order chi connectivity index (χ0) is 24.1. The number of nitrogens with one attached hydrogen (secondary N) is 2. The van der Waals surface area contributed by atoms with Gasteiger partial charge in [-0.3, -0.25) is 0 Å². The van der Waals surface area contributed by atoms with Crippen LogP contribution < -0.4 is 20.4 Å². The Kier molecular flexibility index (Phi) is 7.16. The Hall–Kier alpha value is -3.40. The van der Waals surface area contributed by atoms with Crippen molar-refractivity contribution >= 4 is 34.8 Å². The second-order valence-electron chi connectivity index (χ2n) is 7.97. The van der Waals surface area contributed by atoms with Gasteiger partial charge >= 0.3 is 6.18 Å². The number of nitrogens with zero attached hydrogens (tertiary/aromatic N) is 4. The quantitative estimate of drug-likeness (QED) is 0.499. The zero-order valence-electron chi connectivity index (χ0n) is 18.6. The lowest BCUT2D eigenvalue weighted by molar-refractivity contribution is -0.141. The average molecular weight is 487 g/mol. The molecule has 1 aliphatic heterocycles. The van der Waals surface area contributed by atoms with Crippen LogP contribution in [-0.2, 0) is 6.18 Å². The third-order valence-corrected chi connectivity index (χ3v) is 5.82. The van der Waals surface area contributed by atoms with Crippen molar-refractivity contribution < 1.29 is 13.2 Å². The number of para-hydroxylation sites is 1. The Morgan fingerprint density at radius 3 is 2.12 bits per heavy atom. The molecule has 2 N–H and O–H groups in total. The van der Waals surface area contributed by atoms with E-state index in [9.17, 15) is 13.2 Å². The number of alkyl halides is 3. The molecule has 1 aliphatic rings. The largest absolute Gasteiger partial charge is 0.433 e. The Morgan fingerprint density at radius 2 is 1.50 bits per heavy atom. The first-order chi connectivity index (χ1) is 16.3. The summed E-state index contributed by atoms with van der Waals surface area (Å²) in [5.41, 5.74) is 1.07. The number of halogens is 3. The van der Waals surface area contributed by atoms with Gasteiger partial charge in [0.1, 0.15) is 5.82 Å². The third kappa shape index (κ3) is 5.93. The second-order valence-corrected chi connectivity index (χ2v) is 8.38. The van der Waals surface area contributed by atoms with Gasteiger partial charge in [-0.25, -0.2) is 4.98 Å². The van der Waals surface area contributed by atoms with Crippen molar-refractivity contribution in [3.05, 3.63) is 78.0 Å². The number of thiocarbonyl (C=S) groups is 1. The first-order valence-electron chi connectivity index (χ1n) is 10.9. The van der Waals surface area contributed by atoms with Crippen molar-refractivity contribution in [2.45, 2.75) is 19.1 Å². The summed E-state index contributed by atoms with van der Waals surface area (Å²) >= 11 is 5.31. The molecule has 178 valence electrons. The van der Waals surface area contributed by atoms with Crippen LogP contribution in [0.4, 0.5) is 30.6 Å². The molecule has 2 aromatic carbocycles. The molecule has 0 spiro atoms. The molecule has 0 radical (unpaired) electrons. The summed E-state index contributed by atoms with van der Waals surface area (Å²) in [5, 5.41) is 5.94. The van der Waals surface area contributed by atoms with Gasteiger partial charge in [0.15, 0.2) is 10.8 Å². The van der Waals surface area contributed by atoms with Gasteiger partial charge in [-0.05, 0) is 36.8 Å². The Balaban J connectivity index is 1.47. The lowest BCUT2D eigenvalue weighted by Gasteiger charge is -2.37. The molecule has 1 atom stereocenters. The van der Waals surface area contributed by atoms with Crippen molar-refractivity contribution in [3.63, 3.8) is 0 Å². The molecule has 1 saturated heterocycles. The summed E-state index contributed by atoms with van der Waals surface area (Å²) in [4.78, 5) is 12.1. The van der Waals surface area contributed by atoms with Crippen LogP contribution in [0.25, 0.3) is 0 Å². The molecule has 0 aliphatic carbocycles. The molecule has 1 fully saturated rings. The van der Waals surface area contributed by atoms with Gasteiger partial charge in [-0.2, -0.15) is 18.2 Å². The molecule has 0 bridgehead atoms. The summed E-state index contributed by atoms with van der Waals surface area (Å²) in [7, 11) is 0. The summed E-state index contributed by atoms with van der Waals surface area (Å²) in [5.74, 6) is 0.0320. The molecular formula is C24H25F3N6S. The zero-order valence-corrected chi connectivity index (χ0v) is 19.4. The van der Waals surface area contributed by atoms with Crippen LogP contribution in [0.5, 0.6) is 0 Å². The van der Waals surface area contributed by atoms with Crippen LogP contribution in [0, 0.1) is 0 Å². The number of piperazine rings is 1. The van der Waals surface area contributed by atoms with Crippen molar-refractivity contribution in [1.29, 1.82) is 0 Å². The number of benzene rings is 2. The molecule has 4 rings (SSSR count). The highest BCUT2D eigenvalue weighted by molar-refractivity contribution is 7.80. The molecule has 3 aromatic rings. The summed E-state index contributed by atoms with van der Waals surface area (Å²) in [6.45, 7) is 4.33. The lowest BCUT2D eigenvalue weighted by Crippen LogP contribution is -2.47. The highest BCUT2D eigenvalue weighted by atomic mass is 32.1. The Labute approximate surface area is 201 Å². The van der Waals surface area contributed by atoms with Crippen LogP contribution in [-0.4, -0.2) is 41.3 Å². The molecule has 10 heteroatoms. The van der Waals surface area contributed by atoms with E-state index in [0.717, 1.165) is 17.3 Å². The van der Waals surface area contributed by atoms with Crippen LogP contribution in [0.15, 0.2) is 66.7 Å². The number of hydrogen-bond acceptors (Lipinski definition) is 5. The van der Waals surface area contributed by atoms with E-state index < -0.39 is 11.9 Å². The van der Waals surface area contributed by atoms with Gasteiger partial charge < -0.3 is 20.4 Å². The molecule has 6 nitrogen and oxygen atoms in total. The SMILES string of the molecule is CC(NC(=S)Nc1nc(N2CCN(c3ccccc3)CC2)cc(C(F)(F)F)n1)c1ccccc1. The minimum atomic E-state index is -4.60. The smallest absolute Gasteiger partial charge is 0.368 e. The number of rotatable bonds is 5. The summed E-state index contributed by atoms with van der Waals surface area (Å²) in [6, 6.07) is 20.4.